The number of aromatic hydroxyl groups is 1. The summed E-state index contributed by atoms with van der Waals surface area (Å²) in [7, 11) is 0. The summed E-state index contributed by atoms with van der Waals surface area (Å²) >= 11 is 0. The lowest BCUT2D eigenvalue weighted by Gasteiger charge is -2.14. The second kappa shape index (κ2) is 4.94. The van der Waals surface area contributed by atoms with Crippen LogP contribution in [0.25, 0.3) is 0 Å². The van der Waals surface area contributed by atoms with E-state index in [0.29, 0.717) is 11.5 Å². The Bertz CT molecular complexity index is 391. The van der Waals surface area contributed by atoms with Gasteiger partial charge in [-0.3, -0.25) is 10.1 Å². The van der Waals surface area contributed by atoms with E-state index in [0.717, 1.165) is 6.42 Å². The van der Waals surface area contributed by atoms with Gasteiger partial charge in [0.05, 0.1) is 4.92 Å². The number of hydrogen-bond donors (Lipinski definition) is 2. The lowest BCUT2D eigenvalue weighted by Crippen LogP contribution is -2.13. The second-order valence-electron chi connectivity index (χ2n) is 4.24. The molecule has 1 aromatic rings. The highest BCUT2D eigenvalue weighted by molar-refractivity contribution is 5.48. The first kappa shape index (κ1) is 12.4. The van der Waals surface area contributed by atoms with E-state index in [1.54, 1.807) is 6.07 Å². The third-order valence-corrected chi connectivity index (χ3v) is 2.35. The molecular weight excluding hydrogens is 208 g/mol. The van der Waals surface area contributed by atoms with Gasteiger partial charge in [-0.1, -0.05) is 19.9 Å². The summed E-state index contributed by atoms with van der Waals surface area (Å²) in [4.78, 5) is 10.0. The minimum atomic E-state index is -0.610. The number of phenolic OH excluding ortho intramolecular Hbond substituents is 1. The van der Waals surface area contributed by atoms with Crippen molar-refractivity contribution in [3.05, 3.63) is 33.9 Å². The average molecular weight is 224 g/mol. The van der Waals surface area contributed by atoms with Crippen LogP contribution in [-0.4, -0.2) is 10.0 Å². The van der Waals surface area contributed by atoms with Gasteiger partial charge in [0, 0.05) is 12.1 Å². The standard InChI is InChI=1S/C11H16N2O3/c1-7(2)5-9(12)8-3-4-11(14)10(6-8)13(15)16/h3-4,6-7,9,14H,5,12H2,1-2H3/t9-/m0/s1. The molecule has 0 spiro atoms. The third-order valence-electron chi connectivity index (χ3n) is 2.35. The topological polar surface area (TPSA) is 89.4 Å². The van der Waals surface area contributed by atoms with Gasteiger partial charge in [0.15, 0.2) is 5.75 Å². The molecule has 3 N–H and O–H groups in total. The van der Waals surface area contributed by atoms with Crippen LogP contribution in [0.4, 0.5) is 5.69 Å². The van der Waals surface area contributed by atoms with Gasteiger partial charge in [-0.2, -0.15) is 0 Å². The summed E-state index contributed by atoms with van der Waals surface area (Å²) in [6.07, 6.45) is 0.752. The highest BCUT2D eigenvalue weighted by atomic mass is 16.6. The van der Waals surface area contributed by atoms with Gasteiger partial charge in [0.1, 0.15) is 0 Å². The third kappa shape index (κ3) is 2.93. The maximum Gasteiger partial charge on any atom is 0.311 e. The molecule has 0 heterocycles. The van der Waals surface area contributed by atoms with E-state index < -0.39 is 4.92 Å². The summed E-state index contributed by atoms with van der Waals surface area (Å²) in [6.45, 7) is 4.07. The van der Waals surface area contributed by atoms with Gasteiger partial charge in [-0.05, 0) is 24.0 Å². The number of rotatable bonds is 4. The van der Waals surface area contributed by atoms with E-state index >= 15 is 0 Å². The normalized spacial score (nSPS) is 12.8. The van der Waals surface area contributed by atoms with Crippen LogP contribution >= 0.6 is 0 Å². The fraction of sp³-hybridized carbons (Fsp3) is 0.455. The Morgan fingerprint density at radius 3 is 2.62 bits per heavy atom. The molecule has 5 heteroatoms. The Morgan fingerprint density at radius 2 is 2.12 bits per heavy atom. The zero-order valence-corrected chi connectivity index (χ0v) is 9.38. The van der Waals surface area contributed by atoms with Crippen LogP contribution < -0.4 is 5.73 Å². The van der Waals surface area contributed by atoms with E-state index in [9.17, 15) is 15.2 Å². The summed E-state index contributed by atoms with van der Waals surface area (Å²) < 4.78 is 0. The monoisotopic (exact) mass is 224 g/mol. The summed E-state index contributed by atoms with van der Waals surface area (Å²) in [5, 5.41) is 19.9. The first-order valence-electron chi connectivity index (χ1n) is 5.14. The number of nitro groups is 1. The molecule has 0 radical (unpaired) electrons. The number of nitrogens with zero attached hydrogens (tertiary/aromatic N) is 1. The minimum absolute atomic E-state index is 0.237. The first-order chi connectivity index (χ1) is 7.41. The highest BCUT2D eigenvalue weighted by Gasteiger charge is 2.17. The fourth-order valence-electron chi connectivity index (χ4n) is 1.56. The molecule has 5 nitrogen and oxygen atoms in total. The van der Waals surface area contributed by atoms with Crippen LogP contribution in [0.2, 0.25) is 0 Å². The van der Waals surface area contributed by atoms with Crippen LogP contribution in [0, 0.1) is 16.0 Å². The van der Waals surface area contributed by atoms with Gasteiger partial charge in [0.25, 0.3) is 0 Å². The van der Waals surface area contributed by atoms with Crippen LogP contribution in [0.5, 0.6) is 5.75 Å². The Hall–Kier alpha value is -1.62. The Morgan fingerprint density at radius 1 is 1.50 bits per heavy atom. The van der Waals surface area contributed by atoms with Crippen molar-refractivity contribution in [1.29, 1.82) is 0 Å². The van der Waals surface area contributed by atoms with E-state index in [4.69, 9.17) is 5.73 Å². The highest BCUT2D eigenvalue weighted by Crippen LogP contribution is 2.29. The lowest BCUT2D eigenvalue weighted by molar-refractivity contribution is -0.385. The van der Waals surface area contributed by atoms with Crippen molar-refractivity contribution in [2.75, 3.05) is 0 Å². The van der Waals surface area contributed by atoms with Gasteiger partial charge >= 0.3 is 5.69 Å². The van der Waals surface area contributed by atoms with E-state index in [1.807, 2.05) is 13.8 Å². The molecular formula is C11H16N2O3. The summed E-state index contributed by atoms with van der Waals surface area (Å²) in [5.41, 5.74) is 6.29. The van der Waals surface area contributed by atoms with E-state index in [1.165, 1.54) is 12.1 Å². The average Bonchev–Trinajstić information content (AvgIpc) is 2.16. The fourth-order valence-corrected chi connectivity index (χ4v) is 1.56. The zero-order valence-electron chi connectivity index (χ0n) is 9.38. The number of phenols is 1. The molecule has 0 fully saturated rings. The number of nitro benzene ring substituents is 1. The molecule has 0 aliphatic heterocycles. The van der Waals surface area contributed by atoms with Crippen molar-refractivity contribution in [3.8, 4) is 5.75 Å². The van der Waals surface area contributed by atoms with E-state index in [2.05, 4.69) is 0 Å². The van der Waals surface area contributed by atoms with Crippen molar-refractivity contribution < 1.29 is 10.0 Å². The van der Waals surface area contributed by atoms with Crippen LogP contribution in [0.1, 0.15) is 31.9 Å². The molecule has 88 valence electrons. The molecule has 0 aliphatic rings. The molecule has 16 heavy (non-hydrogen) atoms. The first-order valence-corrected chi connectivity index (χ1v) is 5.14. The second-order valence-corrected chi connectivity index (χ2v) is 4.24. The maximum absolute atomic E-state index is 10.6. The van der Waals surface area contributed by atoms with E-state index in [-0.39, 0.29) is 17.5 Å². The van der Waals surface area contributed by atoms with Gasteiger partial charge in [0.2, 0.25) is 0 Å². The number of hydrogen-bond acceptors (Lipinski definition) is 4. The quantitative estimate of drug-likeness (QED) is 0.606. The Balaban J connectivity index is 2.98. The number of nitrogens with two attached hydrogens (primary N) is 1. The molecule has 1 rings (SSSR count). The summed E-state index contributed by atoms with van der Waals surface area (Å²) in [6, 6.07) is 4.03. The molecule has 0 aliphatic carbocycles. The number of benzene rings is 1. The van der Waals surface area contributed by atoms with Crippen molar-refractivity contribution in [2.45, 2.75) is 26.3 Å². The molecule has 0 unspecified atom stereocenters. The smallest absolute Gasteiger partial charge is 0.311 e. The Kier molecular flexibility index (Phi) is 3.84. The van der Waals surface area contributed by atoms with Crippen molar-refractivity contribution in [1.82, 2.24) is 0 Å². The lowest BCUT2D eigenvalue weighted by atomic mass is 9.97. The van der Waals surface area contributed by atoms with Gasteiger partial charge in [-0.15, -0.1) is 0 Å². The largest absolute Gasteiger partial charge is 0.502 e. The van der Waals surface area contributed by atoms with Crippen LogP contribution in [-0.2, 0) is 0 Å². The van der Waals surface area contributed by atoms with Gasteiger partial charge < -0.3 is 10.8 Å². The van der Waals surface area contributed by atoms with Crippen molar-refractivity contribution >= 4 is 5.69 Å². The molecule has 0 saturated heterocycles. The molecule has 0 aromatic heterocycles. The predicted octanol–water partition coefficient (Wildman–Crippen LogP) is 2.35. The van der Waals surface area contributed by atoms with Crippen LogP contribution in [0.15, 0.2) is 18.2 Å². The maximum atomic E-state index is 10.6. The SMILES string of the molecule is CC(C)C[C@H](N)c1ccc(O)c([N+](=O)[O-])c1. The molecule has 0 saturated carbocycles. The van der Waals surface area contributed by atoms with Crippen molar-refractivity contribution in [2.24, 2.45) is 11.7 Å². The molecule has 1 aromatic carbocycles. The van der Waals surface area contributed by atoms with Gasteiger partial charge in [-0.25, -0.2) is 0 Å². The molecule has 0 amide bonds. The molecule has 1 atom stereocenters. The summed E-state index contributed by atoms with van der Waals surface area (Å²) in [5.74, 6) is 0.0911. The molecule has 0 bridgehead atoms. The Labute approximate surface area is 94.0 Å². The minimum Gasteiger partial charge on any atom is -0.502 e. The predicted molar refractivity (Wildman–Crippen MR) is 61.1 cm³/mol. The van der Waals surface area contributed by atoms with Crippen molar-refractivity contribution in [3.63, 3.8) is 0 Å². The zero-order chi connectivity index (χ0) is 12.3. The van der Waals surface area contributed by atoms with Crippen LogP contribution in [0.3, 0.4) is 0 Å².